The maximum Gasteiger partial charge on any atom is 0.273 e. The number of carbonyl (C=O) groups is 1. The Morgan fingerprint density at radius 1 is 1.16 bits per heavy atom. The molecule has 2 rings (SSSR count). The molecule has 132 valence electrons. The fourth-order valence-corrected chi connectivity index (χ4v) is 2.46. The molecule has 0 aliphatic heterocycles. The van der Waals surface area contributed by atoms with Gasteiger partial charge in [-0.2, -0.15) is 0 Å². The molecule has 0 bridgehead atoms. The van der Waals surface area contributed by atoms with E-state index in [0.717, 1.165) is 11.3 Å². The average Bonchev–Trinajstić information content (AvgIpc) is 2.60. The van der Waals surface area contributed by atoms with E-state index in [1.807, 2.05) is 31.2 Å². The molecule has 0 atom stereocenters. The van der Waals surface area contributed by atoms with Crippen LogP contribution < -0.4 is 4.74 Å². The van der Waals surface area contributed by atoms with E-state index >= 15 is 0 Å². The van der Waals surface area contributed by atoms with Crippen LogP contribution >= 0.6 is 0 Å². The fraction of sp³-hybridized carbons (Fsp3) is 0.316. The predicted molar refractivity (Wildman–Crippen MR) is 95.7 cm³/mol. The monoisotopic (exact) mass is 342 g/mol. The van der Waals surface area contributed by atoms with Crippen LogP contribution in [0, 0.1) is 17.0 Å². The number of nitro benzene ring substituents is 1. The van der Waals surface area contributed by atoms with Crippen molar-refractivity contribution in [3.05, 3.63) is 69.8 Å². The van der Waals surface area contributed by atoms with Crippen molar-refractivity contribution in [1.29, 1.82) is 0 Å². The first-order chi connectivity index (χ1) is 12.0. The second-order valence-electron chi connectivity index (χ2n) is 5.85. The Morgan fingerprint density at radius 3 is 2.56 bits per heavy atom. The molecule has 0 N–H and O–H groups in total. The molecule has 0 heterocycles. The van der Waals surface area contributed by atoms with Gasteiger partial charge in [0.2, 0.25) is 5.91 Å². The number of carbonyl (C=O) groups excluding carboxylic acids is 1. The summed E-state index contributed by atoms with van der Waals surface area (Å²) in [4.78, 5) is 24.4. The van der Waals surface area contributed by atoms with Crippen LogP contribution in [0.5, 0.6) is 5.75 Å². The summed E-state index contributed by atoms with van der Waals surface area (Å²) in [5.74, 6) is 0.696. The Morgan fingerprint density at radius 2 is 1.84 bits per heavy atom. The lowest BCUT2D eigenvalue weighted by atomic mass is 10.1. The van der Waals surface area contributed by atoms with Crippen molar-refractivity contribution in [3.63, 3.8) is 0 Å². The second-order valence-corrected chi connectivity index (χ2v) is 5.85. The van der Waals surface area contributed by atoms with Crippen LogP contribution in [-0.2, 0) is 11.2 Å². The highest BCUT2D eigenvalue weighted by Crippen LogP contribution is 2.19. The third-order valence-corrected chi connectivity index (χ3v) is 3.94. The molecule has 0 aromatic heterocycles. The van der Waals surface area contributed by atoms with E-state index in [9.17, 15) is 14.9 Å². The predicted octanol–water partition coefficient (Wildman–Crippen LogP) is 3.37. The first-order valence-electron chi connectivity index (χ1n) is 8.13. The highest BCUT2D eigenvalue weighted by atomic mass is 16.6. The molecule has 0 spiro atoms. The number of hydrogen-bond acceptors (Lipinski definition) is 4. The molecular weight excluding hydrogens is 320 g/mol. The van der Waals surface area contributed by atoms with Gasteiger partial charge in [-0.05, 0) is 25.0 Å². The van der Waals surface area contributed by atoms with Gasteiger partial charge in [0.15, 0.2) is 0 Å². The van der Waals surface area contributed by atoms with Crippen LogP contribution in [0.1, 0.15) is 17.5 Å². The van der Waals surface area contributed by atoms with Crippen molar-refractivity contribution in [1.82, 2.24) is 4.90 Å². The normalized spacial score (nSPS) is 10.3. The van der Waals surface area contributed by atoms with Crippen molar-refractivity contribution in [2.75, 3.05) is 20.2 Å². The number of ether oxygens (including phenoxy) is 1. The van der Waals surface area contributed by atoms with E-state index in [1.54, 1.807) is 30.1 Å². The molecule has 0 aliphatic rings. The zero-order valence-corrected chi connectivity index (χ0v) is 14.5. The highest BCUT2D eigenvalue weighted by molar-refractivity contribution is 5.79. The highest BCUT2D eigenvalue weighted by Gasteiger charge is 2.17. The van der Waals surface area contributed by atoms with Crippen LogP contribution in [0.2, 0.25) is 0 Å². The van der Waals surface area contributed by atoms with E-state index in [2.05, 4.69) is 0 Å². The Hall–Kier alpha value is -2.89. The Labute approximate surface area is 147 Å². The molecule has 0 saturated heterocycles. The third-order valence-electron chi connectivity index (χ3n) is 3.94. The number of para-hydroxylation sites is 2. The summed E-state index contributed by atoms with van der Waals surface area (Å²) in [6.07, 6.45) is 0.708. The van der Waals surface area contributed by atoms with Crippen molar-refractivity contribution in [3.8, 4) is 5.75 Å². The zero-order valence-electron chi connectivity index (χ0n) is 14.5. The standard InChI is InChI=1S/C19H22N2O4/c1-15-8-3-6-11-18(15)25-13-7-12-20(2)19(22)14-16-9-4-5-10-17(16)21(23)24/h3-6,8-11H,7,12-14H2,1-2H3. The van der Waals surface area contributed by atoms with E-state index in [4.69, 9.17) is 4.74 Å². The summed E-state index contributed by atoms with van der Waals surface area (Å²) in [6, 6.07) is 14.1. The first-order valence-corrected chi connectivity index (χ1v) is 8.13. The van der Waals surface area contributed by atoms with Gasteiger partial charge in [-0.15, -0.1) is 0 Å². The van der Waals surface area contributed by atoms with Crippen molar-refractivity contribution in [2.45, 2.75) is 19.8 Å². The van der Waals surface area contributed by atoms with Gasteiger partial charge in [-0.3, -0.25) is 14.9 Å². The number of aryl methyl sites for hydroxylation is 1. The Kier molecular flexibility index (Phi) is 6.51. The summed E-state index contributed by atoms with van der Waals surface area (Å²) in [7, 11) is 1.70. The van der Waals surface area contributed by atoms with Crippen molar-refractivity contribution < 1.29 is 14.5 Å². The van der Waals surface area contributed by atoms with E-state index in [0.29, 0.717) is 25.1 Å². The van der Waals surface area contributed by atoms with Crippen molar-refractivity contribution >= 4 is 11.6 Å². The summed E-state index contributed by atoms with van der Waals surface area (Å²) < 4.78 is 5.71. The molecule has 2 aromatic carbocycles. The smallest absolute Gasteiger partial charge is 0.273 e. The molecule has 0 saturated carbocycles. The molecule has 25 heavy (non-hydrogen) atoms. The SMILES string of the molecule is Cc1ccccc1OCCCN(C)C(=O)Cc1ccccc1[N+](=O)[O-]. The third kappa shape index (κ3) is 5.31. The number of nitro groups is 1. The van der Waals surface area contributed by atoms with Crippen LogP contribution in [-0.4, -0.2) is 35.9 Å². The Bertz CT molecular complexity index is 746. The molecule has 6 heteroatoms. The van der Waals surface area contributed by atoms with Gasteiger partial charge in [0.1, 0.15) is 5.75 Å². The minimum atomic E-state index is -0.460. The fourth-order valence-electron chi connectivity index (χ4n) is 2.46. The molecule has 0 radical (unpaired) electrons. The number of nitrogens with zero attached hydrogens (tertiary/aromatic N) is 2. The number of hydrogen-bond donors (Lipinski definition) is 0. The number of amides is 1. The Balaban J connectivity index is 1.81. The van der Waals surface area contributed by atoms with Crippen LogP contribution in [0.3, 0.4) is 0 Å². The van der Waals surface area contributed by atoms with Crippen LogP contribution in [0.4, 0.5) is 5.69 Å². The van der Waals surface area contributed by atoms with Gasteiger partial charge in [0.05, 0.1) is 18.0 Å². The summed E-state index contributed by atoms with van der Waals surface area (Å²) in [5.41, 5.74) is 1.48. The van der Waals surface area contributed by atoms with Crippen molar-refractivity contribution in [2.24, 2.45) is 0 Å². The largest absolute Gasteiger partial charge is 0.493 e. The summed E-state index contributed by atoms with van der Waals surface area (Å²) in [6.45, 7) is 3.02. The molecule has 2 aromatic rings. The lowest BCUT2D eigenvalue weighted by molar-refractivity contribution is -0.385. The van der Waals surface area contributed by atoms with Gasteiger partial charge < -0.3 is 9.64 Å². The molecule has 6 nitrogen and oxygen atoms in total. The van der Waals surface area contributed by atoms with Crippen LogP contribution in [0.15, 0.2) is 48.5 Å². The van der Waals surface area contributed by atoms with E-state index < -0.39 is 4.92 Å². The van der Waals surface area contributed by atoms with Gasteiger partial charge in [-0.25, -0.2) is 0 Å². The molecule has 0 fully saturated rings. The average molecular weight is 342 g/mol. The maximum atomic E-state index is 12.3. The summed E-state index contributed by atoms with van der Waals surface area (Å²) in [5, 5.41) is 11.0. The zero-order chi connectivity index (χ0) is 18.2. The molecule has 0 aliphatic carbocycles. The first kappa shape index (κ1) is 18.4. The lowest BCUT2D eigenvalue weighted by Crippen LogP contribution is -2.30. The van der Waals surface area contributed by atoms with Gasteiger partial charge >= 0.3 is 0 Å². The number of likely N-dealkylation sites (N-methyl/N-ethyl adjacent to an activating group) is 1. The minimum absolute atomic E-state index is 0.0201. The van der Waals surface area contributed by atoms with E-state index in [-0.39, 0.29) is 18.0 Å². The topological polar surface area (TPSA) is 72.7 Å². The molecule has 1 amide bonds. The van der Waals surface area contributed by atoms with E-state index in [1.165, 1.54) is 6.07 Å². The minimum Gasteiger partial charge on any atom is -0.493 e. The molecule has 0 unspecified atom stereocenters. The van der Waals surface area contributed by atoms with Gasteiger partial charge in [0, 0.05) is 25.2 Å². The quantitative estimate of drug-likeness (QED) is 0.419. The summed E-state index contributed by atoms with van der Waals surface area (Å²) >= 11 is 0. The maximum absolute atomic E-state index is 12.3. The van der Waals surface area contributed by atoms with Gasteiger partial charge in [-0.1, -0.05) is 36.4 Å². The molecular formula is C19H22N2O4. The number of benzene rings is 2. The second kappa shape index (κ2) is 8.82. The number of rotatable bonds is 8. The lowest BCUT2D eigenvalue weighted by Gasteiger charge is -2.17. The van der Waals surface area contributed by atoms with Crippen LogP contribution in [0.25, 0.3) is 0 Å². The van der Waals surface area contributed by atoms with Gasteiger partial charge in [0.25, 0.3) is 5.69 Å².